The van der Waals surface area contributed by atoms with Gasteiger partial charge in [0.2, 0.25) is 5.91 Å². The molecule has 0 aliphatic rings. The summed E-state index contributed by atoms with van der Waals surface area (Å²) in [5.41, 5.74) is 2.86. The Kier molecular flexibility index (Phi) is 5.43. The number of hydrogen-bond donors (Lipinski definition) is 2. The Balaban J connectivity index is 1.45. The van der Waals surface area contributed by atoms with Gasteiger partial charge in [-0.3, -0.25) is 14.9 Å². The molecule has 1 amide bonds. The highest BCUT2D eigenvalue weighted by atomic mass is 32.1. The number of benzene rings is 2. The van der Waals surface area contributed by atoms with Crippen molar-refractivity contribution in [3.05, 3.63) is 58.1 Å². The maximum atomic E-state index is 12.1. The molecule has 0 saturated heterocycles. The van der Waals surface area contributed by atoms with Crippen molar-refractivity contribution >= 4 is 44.0 Å². The topological polar surface area (TPSA) is 97.2 Å². The highest BCUT2D eigenvalue weighted by molar-refractivity contribution is 7.22. The predicted octanol–water partition coefficient (Wildman–Crippen LogP) is 4.34. The average Bonchev–Trinajstić information content (AvgIpc) is 3.03. The summed E-state index contributed by atoms with van der Waals surface area (Å²) < 4.78 is 1.06. The smallest absolute Gasteiger partial charge is 0.269 e. The standard InChI is InChI=1S/C18H18N4O3S/c1-12-4-2-5-15-17(12)21-18(26-15)20-16(23)6-3-11-19-13-7-9-14(10-8-13)22(24)25/h2,4-5,7-10,19H,3,6,11H2,1H3,(H,20,21,23). The van der Waals surface area contributed by atoms with Crippen molar-refractivity contribution in [2.75, 3.05) is 17.2 Å². The Labute approximate surface area is 154 Å². The van der Waals surface area contributed by atoms with Crippen LogP contribution in [-0.4, -0.2) is 22.4 Å². The number of nitro groups is 1. The third kappa shape index (κ3) is 4.34. The summed E-state index contributed by atoms with van der Waals surface area (Å²) in [5.74, 6) is -0.0767. The number of amides is 1. The zero-order chi connectivity index (χ0) is 18.5. The molecule has 0 saturated carbocycles. The zero-order valence-corrected chi connectivity index (χ0v) is 15.0. The van der Waals surface area contributed by atoms with Gasteiger partial charge in [-0.1, -0.05) is 23.5 Å². The summed E-state index contributed by atoms with van der Waals surface area (Å²) in [6.07, 6.45) is 1.02. The van der Waals surface area contributed by atoms with E-state index in [1.54, 1.807) is 12.1 Å². The molecule has 3 rings (SSSR count). The summed E-state index contributed by atoms with van der Waals surface area (Å²) in [6, 6.07) is 12.2. The number of carbonyl (C=O) groups is 1. The van der Waals surface area contributed by atoms with Crippen molar-refractivity contribution in [2.45, 2.75) is 19.8 Å². The van der Waals surface area contributed by atoms with E-state index < -0.39 is 4.92 Å². The number of non-ortho nitro benzene ring substituents is 1. The van der Waals surface area contributed by atoms with E-state index in [9.17, 15) is 14.9 Å². The van der Waals surface area contributed by atoms with Gasteiger partial charge in [0, 0.05) is 30.8 Å². The fourth-order valence-corrected chi connectivity index (χ4v) is 3.46. The third-order valence-electron chi connectivity index (χ3n) is 3.85. The Hall–Kier alpha value is -3.00. The molecule has 0 bridgehead atoms. The maximum absolute atomic E-state index is 12.1. The number of anilines is 2. The van der Waals surface area contributed by atoms with Crippen LogP contribution in [0.5, 0.6) is 0 Å². The number of rotatable bonds is 7. The van der Waals surface area contributed by atoms with Crippen molar-refractivity contribution < 1.29 is 9.72 Å². The molecule has 0 aliphatic carbocycles. The van der Waals surface area contributed by atoms with Crippen molar-refractivity contribution in [3.63, 3.8) is 0 Å². The van der Waals surface area contributed by atoms with Crippen molar-refractivity contribution in [1.29, 1.82) is 0 Å². The van der Waals surface area contributed by atoms with E-state index in [1.807, 2.05) is 25.1 Å². The summed E-state index contributed by atoms with van der Waals surface area (Å²) in [5, 5.41) is 17.2. The molecule has 2 aromatic carbocycles. The van der Waals surface area contributed by atoms with Crippen LogP contribution in [0.15, 0.2) is 42.5 Å². The molecule has 7 nitrogen and oxygen atoms in total. The number of aromatic nitrogens is 1. The van der Waals surface area contributed by atoms with Crippen LogP contribution >= 0.6 is 11.3 Å². The molecule has 0 unspecified atom stereocenters. The molecule has 134 valence electrons. The first-order valence-corrected chi connectivity index (χ1v) is 8.99. The second kappa shape index (κ2) is 7.92. The SMILES string of the molecule is Cc1cccc2sc(NC(=O)CCCNc3ccc([N+](=O)[O-])cc3)nc12. The number of aryl methyl sites for hydroxylation is 1. The molecule has 26 heavy (non-hydrogen) atoms. The lowest BCUT2D eigenvalue weighted by Gasteiger charge is -2.06. The van der Waals surface area contributed by atoms with Crippen molar-refractivity contribution in [1.82, 2.24) is 4.98 Å². The van der Waals surface area contributed by atoms with E-state index in [-0.39, 0.29) is 11.6 Å². The zero-order valence-electron chi connectivity index (χ0n) is 14.2. The van der Waals surface area contributed by atoms with E-state index in [4.69, 9.17) is 0 Å². The normalized spacial score (nSPS) is 10.7. The van der Waals surface area contributed by atoms with Crippen LogP contribution in [0.3, 0.4) is 0 Å². The molecule has 0 fully saturated rings. The van der Waals surface area contributed by atoms with Crippen molar-refractivity contribution in [3.8, 4) is 0 Å². The minimum absolute atomic E-state index is 0.0565. The van der Waals surface area contributed by atoms with Crippen LogP contribution in [0, 0.1) is 17.0 Å². The van der Waals surface area contributed by atoms with Gasteiger partial charge < -0.3 is 10.6 Å². The fourth-order valence-electron chi connectivity index (χ4n) is 2.50. The van der Waals surface area contributed by atoms with Gasteiger partial charge in [-0.15, -0.1) is 0 Å². The largest absolute Gasteiger partial charge is 0.385 e. The molecule has 0 radical (unpaired) electrons. The number of nitrogens with one attached hydrogen (secondary N) is 2. The fraction of sp³-hybridized carbons (Fsp3) is 0.222. The monoisotopic (exact) mass is 370 g/mol. The Bertz CT molecular complexity index is 937. The summed E-state index contributed by atoms with van der Waals surface area (Å²) in [7, 11) is 0. The second-order valence-electron chi connectivity index (χ2n) is 5.82. The molecule has 0 spiro atoms. The number of nitro benzene ring substituents is 1. The number of carbonyl (C=O) groups excluding carboxylic acids is 1. The minimum Gasteiger partial charge on any atom is -0.385 e. The van der Waals surface area contributed by atoms with Crippen LogP contribution in [0.2, 0.25) is 0 Å². The van der Waals surface area contributed by atoms with Gasteiger partial charge in [0.1, 0.15) is 0 Å². The van der Waals surface area contributed by atoms with Crippen LogP contribution in [-0.2, 0) is 4.79 Å². The first-order chi connectivity index (χ1) is 12.5. The van der Waals surface area contributed by atoms with Crippen LogP contribution in [0.1, 0.15) is 18.4 Å². The first kappa shape index (κ1) is 17.8. The van der Waals surface area contributed by atoms with E-state index in [0.717, 1.165) is 21.5 Å². The molecular formula is C18H18N4O3S. The lowest BCUT2D eigenvalue weighted by atomic mass is 10.2. The second-order valence-corrected chi connectivity index (χ2v) is 6.85. The predicted molar refractivity (Wildman–Crippen MR) is 104 cm³/mol. The summed E-state index contributed by atoms with van der Waals surface area (Å²) >= 11 is 1.47. The number of thiazole rings is 1. The van der Waals surface area contributed by atoms with Gasteiger partial charge in [0.05, 0.1) is 15.1 Å². The van der Waals surface area contributed by atoms with Gasteiger partial charge in [-0.25, -0.2) is 4.98 Å². The minimum atomic E-state index is -0.433. The van der Waals surface area contributed by atoms with Crippen LogP contribution in [0.25, 0.3) is 10.2 Å². The Morgan fingerprint density at radius 1 is 1.23 bits per heavy atom. The molecule has 8 heteroatoms. The van der Waals surface area contributed by atoms with E-state index in [1.165, 1.54) is 23.5 Å². The molecule has 3 aromatic rings. The summed E-state index contributed by atoms with van der Waals surface area (Å²) in [4.78, 5) is 26.7. The summed E-state index contributed by atoms with van der Waals surface area (Å²) in [6.45, 7) is 2.60. The van der Waals surface area contributed by atoms with E-state index in [0.29, 0.717) is 24.5 Å². The Morgan fingerprint density at radius 2 is 2.00 bits per heavy atom. The van der Waals surface area contributed by atoms with Gasteiger partial charge in [-0.2, -0.15) is 0 Å². The molecule has 0 aliphatic heterocycles. The maximum Gasteiger partial charge on any atom is 0.269 e. The lowest BCUT2D eigenvalue weighted by Crippen LogP contribution is -2.13. The van der Waals surface area contributed by atoms with Crippen molar-refractivity contribution in [2.24, 2.45) is 0 Å². The highest BCUT2D eigenvalue weighted by Gasteiger charge is 2.09. The molecule has 1 aromatic heterocycles. The number of fused-ring (bicyclic) bond motifs is 1. The molecular weight excluding hydrogens is 352 g/mol. The van der Waals surface area contributed by atoms with Gasteiger partial charge in [-0.05, 0) is 37.1 Å². The number of para-hydroxylation sites is 1. The molecule has 2 N–H and O–H groups in total. The Morgan fingerprint density at radius 3 is 2.69 bits per heavy atom. The molecule has 1 heterocycles. The van der Waals surface area contributed by atoms with Gasteiger partial charge in [0.15, 0.2) is 5.13 Å². The number of nitrogens with zero attached hydrogens (tertiary/aromatic N) is 2. The first-order valence-electron chi connectivity index (χ1n) is 8.17. The molecule has 0 atom stereocenters. The quantitative estimate of drug-likeness (QED) is 0.366. The van der Waals surface area contributed by atoms with Crippen LogP contribution in [0.4, 0.5) is 16.5 Å². The van der Waals surface area contributed by atoms with E-state index in [2.05, 4.69) is 15.6 Å². The number of hydrogen-bond acceptors (Lipinski definition) is 6. The van der Waals surface area contributed by atoms with E-state index >= 15 is 0 Å². The van der Waals surface area contributed by atoms with Crippen LogP contribution < -0.4 is 10.6 Å². The van der Waals surface area contributed by atoms with Gasteiger partial charge >= 0.3 is 0 Å². The highest BCUT2D eigenvalue weighted by Crippen LogP contribution is 2.27. The average molecular weight is 370 g/mol. The lowest BCUT2D eigenvalue weighted by molar-refractivity contribution is -0.384. The van der Waals surface area contributed by atoms with Gasteiger partial charge in [0.25, 0.3) is 5.69 Å². The third-order valence-corrected chi connectivity index (χ3v) is 4.79.